The molecule has 1 fully saturated rings. The number of carbonyl (C=O) groups is 1. The molecule has 1 aromatic heterocycles. The fourth-order valence-electron chi connectivity index (χ4n) is 4.00. The molecule has 0 aliphatic carbocycles. The van der Waals surface area contributed by atoms with E-state index in [1.54, 1.807) is 25.6 Å². The van der Waals surface area contributed by atoms with Gasteiger partial charge in [-0.25, -0.2) is 4.98 Å². The normalized spacial score (nSPS) is 15.4. The van der Waals surface area contributed by atoms with Crippen LogP contribution in [-0.4, -0.2) is 67.7 Å². The molecule has 0 saturated carbocycles. The molecule has 0 atom stereocenters. The number of hydrogen-bond donors (Lipinski definition) is 0. The molecule has 0 bridgehead atoms. The summed E-state index contributed by atoms with van der Waals surface area (Å²) in [5.41, 5.74) is 1.79. The summed E-state index contributed by atoms with van der Waals surface area (Å²) < 4.78 is 10.8. The predicted octanol–water partition coefficient (Wildman–Crippen LogP) is 4.28. The van der Waals surface area contributed by atoms with Crippen LogP contribution in [0.15, 0.2) is 29.6 Å². The summed E-state index contributed by atoms with van der Waals surface area (Å²) in [6.45, 7) is 9.08. The van der Waals surface area contributed by atoms with E-state index in [2.05, 4.69) is 35.9 Å². The number of carbonyl (C=O) groups excluding carboxylic acids is 1. The zero-order valence-electron chi connectivity index (χ0n) is 19.2. The standard InChI is InChI=1S/C24H35N3O3S/c1-18(2)23-25-21(17-31-23)24(28)27(13-14-29-3)15-19-9-11-26(12-10-19)16-20-7-5-6-8-22(20)30-4/h5-8,17-19H,9-16H2,1-4H3. The second-order valence-corrected chi connectivity index (χ2v) is 9.39. The minimum absolute atomic E-state index is 0.0247. The van der Waals surface area contributed by atoms with Crippen molar-refractivity contribution in [2.45, 2.75) is 39.2 Å². The number of methoxy groups -OCH3 is 2. The Kier molecular flexibility index (Phi) is 8.87. The average Bonchev–Trinajstić information content (AvgIpc) is 3.28. The quantitative estimate of drug-likeness (QED) is 0.546. The monoisotopic (exact) mass is 445 g/mol. The van der Waals surface area contributed by atoms with Gasteiger partial charge in [-0.15, -0.1) is 11.3 Å². The summed E-state index contributed by atoms with van der Waals surface area (Å²) in [6, 6.07) is 8.22. The fourth-order valence-corrected chi connectivity index (χ4v) is 4.81. The molecule has 2 heterocycles. The molecule has 1 saturated heterocycles. The van der Waals surface area contributed by atoms with E-state index in [1.165, 1.54) is 5.56 Å². The molecule has 3 rings (SSSR count). The third-order valence-electron chi connectivity index (χ3n) is 5.86. The molecule has 0 radical (unpaired) electrons. The lowest BCUT2D eigenvalue weighted by Crippen LogP contribution is -2.42. The van der Waals surface area contributed by atoms with Gasteiger partial charge in [0.25, 0.3) is 5.91 Å². The van der Waals surface area contributed by atoms with Crippen molar-refractivity contribution >= 4 is 17.2 Å². The molecule has 1 amide bonds. The molecule has 31 heavy (non-hydrogen) atoms. The number of hydrogen-bond acceptors (Lipinski definition) is 6. The van der Waals surface area contributed by atoms with Crippen molar-refractivity contribution in [2.75, 3.05) is 47.0 Å². The molecule has 1 aromatic carbocycles. The Labute approximate surface area is 190 Å². The van der Waals surface area contributed by atoms with Crippen LogP contribution in [0.5, 0.6) is 5.75 Å². The van der Waals surface area contributed by atoms with E-state index in [-0.39, 0.29) is 5.91 Å². The molecular formula is C24H35N3O3S. The number of piperidine rings is 1. The maximum atomic E-state index is 13.1. The molecule has 0 spiro atoms. The Bertz CT molecular complexity index is 831. The van der Waals surface area contributed by atoms with Crippen LogP contribution in [0.1, 0.15) is 53.7 Å². The first-order chi connectivity index (χ1) is 15.0. The zero-order valence-corrected chi connectivity index (χ0v) is 20.0. The second kappa shape index (κ2) is 11.6. The first-order valence-corrected chi connectivity index (χ1v) is 12.0. The number of para-hydroxylation sites is 1. The van der Waals surface area contributed by atoms with Crippen LogP contribution in [0.3, 0.4) is 0 Å². The van der Waals surface area contributed by atoms with Crippen molar-refractivity contribution in [2.24, 2.45) is 5.92 Å². The van der Waals surface area contributed by atoms with Gasteiger partial charge in [-0.3, -0.25) is 9.69 Å². The molecule has 1 aliphatic rings. The number of aromatic nitrogens is 1. The van der Waals surface area contributed by atoms with E-state index in [1.807, 2.05) is 22.4 Å². The molecule has 0 unspecified atom stereocenters. The van der Waals surface area contributed by atoms with Gasteiger partial charge in [0.05, 0.1) is 18.7 Å². The Morgan fingerprint density at radius 1 is 1.26 bits per heavy atom. The topological polar surface area (TPSA) is 54.9 Å². The van der Waals surface area contributed by atoms with E-state index in [9.17, 15) is 4.79 Å². The second-order valence-electron chi connectivity index (χ2n) is 8.50. The Morgan fingerprint density at radius 3 is 2.65 bits per heavy atom. The van der Waals surface area contributed by atoms with Crippen LogP contribution < -0.4 is 4.74 Å². The molecule has 1 aliphatic heterocycles. The van der Waals surface area contributed by atoms with Crippen molar-refractivity contribution in [1.82, 2.24) is 14.8 Å². The van der Waals surface area contributed by atoms with Crippen LogP contribution in [-0.2, 0) is 11.3 Å². The van der Waals surface area contributed by atoms with E-state index >= 15 is 0 Å². The highest BCUT2D eigenvalue weighted by Crippen LogP contribution is 2.25. The molecule has 170 valence electrons. The van der Waals surface area contributed by atoms with Crippen molar-refractivity contribution in [3.8, 4) is 5.75 Å². The van der Waals surface area contributed by atoms with E-state index in [0.29, 0.717) is 30.7 Å². The van der Waals surface area contributed by atoms with Crippen LogP contribution in [0.4, 0.5) is 0 Å². The van der Waals surface area contributed by atoms with Gasteiger partial charge in [0, 0.05) is 43.6 Å². The van der Waals surface area contributed by atoms with Crippen LogP contribution in [0, 0.1) is 5.92 Å². The summed E-state index contributed by atoms with van der Waals surface area (Å²) in [6.07, 6.45) is 2.17. The number of likely N-dealkylation sites (tertiary alicyclic amines) is 1. The van der Waals surface area contributed by atoms with E-state index in [0.717, 1.165) is 49.8 Å². The maximum Gasteiger partial charge on any atom is 0.273 e. The SMILES string of the molecule is COCCN(CC1CCN(Cc2ccccc2OC)CC1)C(=O)c1csc(C(C)C)n1. The summed E-state index contributed by atoms with van der Waals surface area (Å²) in [7, 11) is 3.40. The minimum atomic E-state index is 0.0247. The highest BCUT2D eigenvalue weighted by atomic mass is 32.1. The van der Waals surface area contributed by atoms with Gasteiger partial charge in [0.15, 0.2) is 0 Å². The molecule has 2 aromatic rings. The summed E-state index contributed by atoms with van der Waals surface area (Å²) in [5, 5.41) is 2.91. The lowest BCUT2D eigenvalue weighted by atomic mass is 9.95. The number of benzene rings is 1. The van der Waals surface area contributed by atoms with Crippen LogP contribution >= 0.6 is 11.3 Å². The molecular weight excluding hydrogens is 410 g/mol. The summed E-state index contributed by atoms with van der Waals surface area (Å²) in [5.74, 6) is 1.81. The first-order valence-electron chi connectivity index (χ1n) is 11.1. The Balaban J connectivity index is 1.56. The number of amides is 1. The third-order valence-corrected chi connectivity index (χ3v) is 7.01. The first kappa shape index (κ1) is 23.7. The van der Waals surface area contributed by atoms with Gasteiger partial charge >= 0.3 is 0 Å². The smallest absolute Gasteiger partial charge is 0.273 e. The van der Waals surface area contributed by atoms with Crippen LogP contribution in [0.2, 0.25) is 0 Å². The largest absolute Gasteiger partial charge is 0.496 e. The number of ether oxygens (including phenoxy) is 2. The molecule has 0 N–H and O–H groups in total. The van der Waals surface area contributed by atoms with Gasteiger partial charge in [0.1, 0.15) is 11.4 Å². The van der Waals surface area contributed by atoms with Gasteiger partial charge in [0.2, 0.25) is 0 Å². The minimum Gasteiger partial charge on any atom is -0.496 e. The van der Waals surface area contributed by atoms with E-state index < -0.39 is 0 Å². The number of nitrogens with zero attached hydrogens (tertiary/aromatic N) is 3. The third kappa shape index (κ3) is 6.51. The van der Waals surface area contributed by atoms with Crippen LogP contribution in [0.25, 0.3) is 0 Å². The molecule has 6 nitrogen and oxygen atoms in total. The van der Waals surface area contributed by atoms with Crippen molar-refractivity contribution in [1.29, 1.82) is 0 Å². The Hall–Kier alpha value is -1.96. The average molecular weight is 446 g/mol. The highest BCUT2D eigenvalue weighted by molar-refractivity contribution is 7.09. The van der Waals surface area contributed by atoms with Crippen molar-refractivity contribution in [3.63, 3.8) is 0 Å². The Morgan fingerprint density at radius 2 is 2.00 bits per heavy atom. The highest BCUT2D eigenvalue weighted by Gasteiger charge is 2.26. The summed E-state index contributed by atoms with van der Waals surface area (Å²) >= 11 is 1.57. The van der Waals surface area contributed by atoms with Crippen molar-refractivity contribution in [3.05, 3.63) is 45.9 Å². The lowest BCUT2D eigenvalue weighted by Gasteiger charge is -2.35. The predicted molar refractivity (Wildman–Crippen MR) is 125 cm³/mol. The number of thiazole rings is 1. The molecule has 7 heteroatoms. The number of rotatable bonds is 10. The van der Waals surface area contributed by atoms with Gasteiger partial charge in [-0.2, -0.15) is 0 Å². The summed E-state index contributed by atoms with van der Waals surface area (Å²) in [4.78, 5) is 22.1. The van der Waals surface area contributed by atoms with Gasteiger partial charge < -0.3 is 14.4 Å². The van der Waals surface area contributed by atoms with E-state index in [4.69, 9.17) is 9.47 Å². The lowest BCUT2D eigenvalue weighted by molar-refractivity contribution is 0.0612. The van der Waals surface area contributed by atoms with Gasteiger partial charge in [-0.05, 0) is 37.9 Å². The van der Waals surface area contributed by atoms with Gasteiger partial charge in [-0.1, -0.05) is 32.0 Å². The zero-order chi connectivity index (χ0) is 22.2. The fraction of sp³-hybridized carbons (Fsp3) is 0.583. The maximum absolute atomic E-state index is 13.1. The van der Waals surface area contributed by atoms with Crippen molar-refractivity contribution < 1.29 is 14.3 Å².